The van der Waals surface area contributed by atoms with Gasteiger partial charge in [0.25, 0.3) is 0 Å². The van der Waals surface area contributed by atoms with E-state index in [2.05, 4.69) is 21.2 Å². The first-order valence-electron chi connectivity index (χ1n) is 4.97. The first-order valence-corrected chi connectivity index (χ1v) is 5.76. The Morgan fingerprint density at radius 3 is 2.71 bits per heavy atom. The average molecular weight is 256 g/mol. The van der Waals surface area contributed by atoms with E-state index in [1.165, 1.54) is 0 Å². The highest BCUT2D eigenvalue weighted by atomic mass is 79.9. The highest BCUT2D eigenvalue weighted by molar-refractivity contribution is 9.10. The number of hydrogen-bond acceptors (Lipinski definition) is 2. The third-order valence-electron chi connectivity index (χ3n) is 2.80. The molecule has 0 atom stereocenters. The fraction of sp³-hybridized carbons (Fsp3) is 0.455. The highest BCUT2D eigenvalue weighted by Crippen LogP contribution is 2.36. The van der Waals surface area contributed by atoms with E-state index >= 15 is 0 Å². The number of piperidine rings is 1. The smallest absolute Gasteiger partial charge is 0.133 e. The normalized spacial score (nSPS) is 18.4. The summed E-state index contributed by atoms with van der Waals surface area (Å²) >= 11 is 3.35. The highest BCUT2D eigenvalue weighted by Gasteiger charge is 2.18. The number of para-hydroxylation sites is 1. The van der Waals surface area contributed by atoms with Crippen molar-refractivity contribution < 1.29 is 5.11 Å². The largest absolute Gasteiger partial charge is 0.506 e. The van der Waals surface area contributed by atoms with E-state index in [1.807, 2.05) is 18.2 Å². The number of rotatable bonds is 1. The fourth-order valence-corrected chi connectivity index (χ4v) is 2.38. The van der Waals surface area contributed by atoms with Crippen molar-refractivity contribution in [2.24, 2.45) is 0 Å². The number of halogens is 1. The SMILES string of the molecule is Oc1c(Br)cccc1C1CCNCC1. The predicted molar refractivity (Wildman–Crippen MR) is 60.7 cm³/mol. The Balaban J connectivity index is 2.26. The molecule has 1 aromatic rings. The van der Waals surface area contributed by atoms with E-state index in [-0.39, 0.29) is 0 Å². The zero-order valence-electron chi connectivity index (χ0n) is 7.96. The van der Waals surface area contributed by atoms with Gasteiger partial charge >= 0.3 is 0 Å². The van der Waals surface area contributed by atoms with E-state index in [4.69, 9.17) is 0 Å². The lowest BCUT2D eigenvalue weighted by Gasteiger charge is -2.23. The Hall–Kier alpha value is -0.540. The van der Waals surface area contributed by atoms with Crippen molar-refractivity contribution in [2.75, 3.05) is 13.1 Å². The fourth-order valence-electron chi connectivity index (χ4n) is 1.99. The van der Waals surface area contributed by atoms with Crippen LogP contribution in [0.2, 0.25) is 0 Å². The monoisotopic (exact) mass is 255 g/mol. The molecule has 1 aliphatic rings. The Morgan fingerprint density at radius 1 is 1.29 bits per heavy atom. The molecular weight excluding hydrogens is 242 g/mol. The molecule has 2 rings (SSSR count). The zero-order chi connectivity index (χ0) is 9.97. The van der Waals surface area contributed by atoms with E-state index in [0.29, 0.717) is 11.7 Å². The predicted octanol–water partition coefficient (Wildman–Crippen LogP) is 2.62. The molecule has 1 saturated heterocycles. The van der Waals surface area contributed by atoms with Crippen LogP contribution in [0.15, 0.2) is 22.7 Å². The Morgan fingerprint density at radius 2 is 2.00 bits per heavy atom. The molecular formula is C11H14BrNO. The first kappa shape index (κ1) is 9.99. The van der Waals surface area contributed by atoms with Crippen LogP contribution in [0.25, 0.3) is 0 Å². The molecule has 0 aromatic heterocycles. The topological polar surface area (TPSA) is 32.3 Å². The molecule has 0 aliphatic carbocycles. The summed E-state index contributed by atoms with van der Waals surface area (Å²) < 4.78 is 0.800. The van der Waals surface area contributed by atoms with Crippen LogP contribution in [-0.4, -0.2) is 18.2 Å². The number of benzene rings is 1. The Kier molecular flexibility index (Phi) is 3.08. The van der Waals surface area contributed by atoms with Gasteiger partial charge in [0.1, 0.15) is 5.75 Å². The Bertz CT molecular complexity index is 321. The lowest BCUT2D eigenvalue weighted by atomic mass is 9.90. The summed E-state index contributed by atoms with van der Waals surface area (Å²) in [4.78, 5) is 0. The lowest BCUT2D eigenvalue weighted by Crippen LogP contribution is -2.26. The zero-order valence-corrected chi connectivity index (χ0v) is 9.55. The van der Waals surface area contributed by atoms with Crippen molar-refractivity contribution >= 4 is 15.9 Å². The molecule has 76 valence electrons. The summed E-state index contributed by atoms with van der Waals surface area (Å²) in [7, 11) is 0. The van der Waals surface area contributed by atoms with Crippen LogP contribution in [0, 0.1) is 0 Å². The standard InChI is InChI=1S/C11H14BrNO/c12-10-3-1-2-9(11(10)14)8-4-6-13-7-5-8/h1-3,8,13-14H,4-7H2. The molecule has 0 bridgehead atoms. The molecule has 0 spiro atoms. The van der Waals surface area contributed by atoms with Crippen molar-refractivity contribution in [2.45, 2.75) is 18.8 Å². The van der Waals surface area contributed by atoms with E-state index < -0.39 is 0 Å². The minimum atomic E-state index is 0.416. The molecule has 1 fully saturated rings. The number of phenols is 1. The maximum atomic E-state index is 9.88. The van der Waals surface area contributed by atoms with Gasteiger partial charge in [-0.1, -0.05) is 12.1 Å². The van der Waals surface area contributed by atoms with Crippen molar-refractivity contribution in [1.29, 1.82) is 0 Å². The van der Waals surface area contributed by atoms with Gasteiger partial charge in [-0.15, -0.1) is 0 Å². The summed E-state index contributed by atoms with van der Waals surface area (Å²) in [5, 5.41) is 13.2. The summed E-state index contributed by atoms with van der Waals surface area (Å²) in [5.74, 6) is 0.924. The molecule has 3 heteroatoms. The molecule has 0 amide bonds. The van der Waals surface area contributed by atoms with E-state index in [0.717, 1.165) is 36.0 Å². The summed E-state index contributed by atoms with van der Waals surface area (Å²) in [6.07, 6.45) is 2.23. The second kappa shape index (κ2) is 4.32. The molecule has 2 N–H and O–H groups in total. The lowest BCUT2D eigenvalue weighted by molar-refractivity contribution is 0.422. The summed E-state index contributed by atoms with van der Waals surface area (Å²) in [5.41, 5.74) is 1.08. The van der Waals surface area contributed by atoms with Crippen molar-refractivity contribution in [3.63, 3.8) is 0 Å². The van der Waals surface area contributed by atoms with Crippen molar-refractivity contribution in [3.8, 4) is 5.75 Å². The Labute approximate surface area is 92.5 Å². The van der Waals surface area contributed by atoms with Crippen LogP contribution in [-0.2, 0) is 0 Å². The van der Waals surface area contributed by atoms with Gasteiger partial charge in [-0.25, -0.2) is 0 Å². The summed E-state index contributed by atoms with van der Waals surface area (Å²) in [6.45, 7) is 2.10. The molecule has 0 saturated carbocycles. The minimum Gasteiger partial charge on any atom is -0.506 e. The second-order valence-corrected chi connectivity index (χ2v) is 4.56. The van der Waals surface area contributed by atoms with E-state index in [9.17, 15) is 5.11 Å². The molecule has 1 aromatic carbocycles. The second-order valence-electron chi connectivity index (χ2n) is 3.70. The third-order valence-corrected chi connectivity index (χ3v) is 3.44. The maximum absolute atomic E-state index is 9.88. The van der Waals surface area contributed by atoms with Crippen LogP contribution < -0.4 is 5.32 Å². The molecule has 1 heterocycles. The van der Waals surface area contributed by atoms with Gasteiger partial charge < -0.3 is 10.4 Å². The number of nitrogens with one attached hydrogen (secondary N) is 1. The van der Waals surface area contributed by atoms with Crippen LogP contribution in [0.3, 0.4) is 0 Å². The van der Waals surface area contributed by atoms with Crippen LogP contribution in [0.1, 0.15) is 24.3 Å². The maximum Gasteiger partial charge on any atom is 0.133 e. The molecule has 1 aliphatic heterocycles. The van der Waals surface area contributed by atoms with Gasteiger partial charge in [-0.3, -0.25) is 0 Å². The van der Waals surface area contributed by atoms with Gasteiger partial charge in [0.2, 0.25) is 0 Å². The molecule has 2 nitrogen and oxygen atoms in total. The number of phenolic OH excluding ortho intramolecular Hbond substituents is 1. The third kappa shape index (κ3) is 1.93. The van der Waals surface area contributed by atoms with Gasteiger partial charge in [0.05, 0.1) is 4.47 Å². The van der Waals surface area contributed by atoms with Crippen LogP contribution in [0.5, 0.6) is 5.75 Å². The number of hydrogen-bond donors (Lipinski definition) is 2. The van der Waals surface area contributed by atoms with Gasteiger partial charge in [0, 0.05) is 0 Å². The minimum absolute atomic E-state index is 0.416. The van der Waals surface area contributed by atoms with Gasteiger partial charge in [-0.05, 0) is 59.4 Å². The molecule has 0 radical (unpaired) electrons. The first-order chi connectivity index (χ1) is 6.79. The van der Waals surface area contributed by atoms with Crippen molar-refractivity contribution in [1.82, 2.24) is 5.32 Å². The van der Waals surface area contributed by atoms with E-state index in [1.54, 1.807) is 0 Å². The van der Waals surface area contributed by atoms with Gasteiger partial charge in [0.15, 0.2) is 0 Å². The molecule has 0 unspecified atom stereocenters. The summed E-state index contributed by atoms with van der Waals surface area (Å²) in [6, 6.07) is 5.89. The van der Waals surface area contributed by atoms with Crippen LogP contribution in [0.4, 0.5) is 0 Å². The van der Waals surface area contributed by atoms with Gasteiger partial charge in [-0.2, -0.15) is 0 Å². The van der Waals surface area contributed by atoms with Crippen LogP contribution >= 0.6 is 15.9 Å². The number of aromatic hydroxyl groups is 1. The quantitative estimate of drug-likeness (QED) is 0.809. The molecule has 14 heavy (non-hydrogen) atoms. The van der Waals surface area contributed by atoms with Crippen molar-refractivity contribution in [3.05, 3.63) is 28.2 Å². The average Bonchev–Trinajstić information content (AvgIpc) is 2.23.